The number of aromatic amines is 1. The van der Waals surface area contributed by atoms with Gasteiger partial charge in [0.05, 0.1) is 28.8 Å². The Labute approximate surface area is 316 Å². The minimum absolute atomic E-state index is 0.0868. The van der Waals surface area contributed by atoms with Crippen LogP contribution in [0.25, 0.3) is 0 Å². The fourth-order valence-corrected chi connectivity index (χ4v) is 5.77. The number of nitrogens with one attached hydrogen (secondary N) is 4. The molecule has 4 aromatic carbocycles. The Bertz CT molecular complexity index is 2340. The molecule has 1 atom stereocenters. The van der Waals surface area contributed by atoms with Crippen molar-refractivity contribution in [2.24, 2.45) is 5.92 Å². The van der Waals surface area contributed by atoms with Crippen LogP contribution in [-0.4, -0.2) is 50.3 Å². The van der Waals surface area contributed by atoms with E-state index in [0.29, 0.717) is 16.9 Å². The molecule has 0 fully saturated rings. The highest BCUT2D eigenvalue weighted by Gasteiger charge is 2.24. The molecule has 13 heteroatoms. The Morgan fingerprint density at radius 1 is 0.709 bits per heavy atom. The predicted octanol–water partition coefficient (Wildman–Crippen LogP) is 6.92. The number of benzene rings is 4. The molecule has 6 N–H and O–H groups in total. The van der Waals surface area contributed by atoms with Gasteiger partial charge < -0.3 is 31.1 Å². The van der Waals surface area contributed by atoms with Gasteiger partial charge in [0, 0.05) is 64.8 Å². The summed E-state index contributed by atoms with van der Waals surface area (Å²) >= 11 is 0. The van der Waals surface area contributed by atoms with E-state index in [1.807, 2.05) is 6.07 Å². The number of phenols is 2. The molecule has 55 heavy (non-hydrogen) atoms. The highest BCUT2D eigenvalue weighted by Crippen LogP contribution is 2.33. The Morgan fingerprint density at radius 3 is 1.87 bits per heavy atom. The molecule has 5 rings (SSSR count). The molecule has 0 aliphatic rings. The van der Waals surface area contributed by atoms with Crippen molar-refractivity contribution in [2.45, 2.75) is 40.0 Å². The van der Waals surface area contributed by atoms with Crippen LogP contribution in [0.3, 0.4) is 0 Å². The van der Waals surface area contributed by atoms with Gasteiger partial charge in [-0.2, -0.15) is 5.26 Å². The average molecular weight is 740 g/mol. The van der Waals surface area contributed by atoms with Gasteiger partial charge in [-0.15, -0.1) is 0 Å². The van der Waals surface area contributed by atoms with Crippen LogP contribution in [0.2, 0.25) is 0 Å². The Balaban J connectivity index is 1.17. The molecule has 0 saturated carbocycles. The van der Waals surface area contributed by atoms with Gasteiger partial charge in [-0.3, -0.25) is 28.8 Å². The highest BCUT2D eigenvalue weighted by atomic mass is 16.3. The molecule has 0 saturated heterocycles. The average Bonchev–Trinajstić information content (AvgIpc) is 3.71. The molecule has 1 aromatic heterocycles. The van der Waals surface area contributed by atoms with E-state index in [-0.39, 0.29) is 87.3 Å². The summed E-state index contributed by atoms with van der Waals surface area (Å²) in [5.41, 5.74) is 3.10. The minimum atomic E-state index is -0.946. The maximum Gasteiger partial charge on any atom is 0.259 e. The second-order valence-corrected chi connectivity index (χ2v) is 12.9. The maximum atomic E-state index is 13.1. The van der Waals surface area contributed by atoms with Crippen molar-refractivity contribution in [3.63, 3.8) is 0 Å². The molecule has 278 valence electrons. The van der Waals surface area contributed by atoms with E-state index in [0.717, 1.165) is 5.56 Å². The van der Waals surface area contributed by atoms with Gasteiger partial charge in [0.25, 0.3) is 11.8 Å². The molecule has 0 radical (unpaired) electrons. The zero-order chi connectivity index (χ0) is 39.8. The lowest BCUT2D eigenvalue weighted by atomic mass is 9.94. The van der Waals surface area contributed by atoms with Gasteiger partial charge in [-0.25, -0.2) is 0 Å². The first kappa shape index (κ1) is 38.9. The second-order valence-electron chi connectivity index (χ2n) is 12.9. The molecule has 0 bridgehead atoms. The van der Waals surface area contributed by atoms with Crippen LogP contribution in [-0.2, 0) is 11.2 Å². The van der Waals surface area contributed by atoms with Crippen LogP contribution >= 0.6 is 0 Å². The van der Waals surface area contributed by atoms with Gasteiger partial charge in [0.2, 0.25) is 5.91 Å². The molecule has 1 heterocycles. The number of H-pyrrole nitrogens is 1. The Morgan fingerprint density at radius 2 is 1.29 bits per heavy atom. The van der Waals surface area contributed by atoms with Gasteiger partial charge in [0.1, 0.15) is 11.5 Å². The van der Waals surface area contributed by atoms with Crippen molar-refractivity contribution in [1.29, 1.82) is 5.26 Å². The molecule has 0 aliphatic heterocycles. The van der Waals surface area contributed by atoms with Crippen LogP contribution in [0.4, 0.5) is 17.1 Å². The SMILES string of the molecule is CC(=O)c1ccc(NC(=O)c2ccc(NC(=O)c3ccc(NC(=O)C(CC#N)CC(=O)c4ccc(CC(=O)c5ccc[nH]5)cc4)cc3)c(C)c2O)c(C)c1O. The molecule has 5 aromatic rings. The van der Waals surface area contributed by atoms with Crippen molar-refractivity contribution < 1.29 is 39.0 Å². The van der Waals surface area contributed by atoms with Crippen molar-refractivity contribution in [3.05, 3.63) is 136 Å². The van der Waals surface area contributed by atoms with Crippen molar-refractivity contribution in [1.82, 2.24) is 4.98 Å². The van der Waals surface area contributed by atoms with E-state index in [2.05, 4.69) is 20.9 Å². The van der Waals surface area contributed by atoms with Crippen LogP contribution in [0, 0.1) is 31.1 Å². The van der Waals surface area contributed by atoms with Crippen LogP contribution < -0.4 is 16.0 Å². The number of Topliss-reactive ketones (excluding diaryl/α,β-unsaturated/α-hetero) is 3. The number of aromatic nitrogens is 1. The number of carbonyl (C=O) groups is 6. The molecular formula is C42H37N5O8. The van der Waals surface area contributed by atoms with E-state index in [9.17, 15) is 44.2 Å². The van der Waals surface area contributed by atoms with E-state index >= 15 is 0 Å². The molecule has 0 aliphatic carbocycles. The standard InChI is InChI=1S/C42H37N5O8/c1-23-34(16-14-31(25(3)48)38(23)51)47-42(55)32-15-17-33(24(2)39(32)52)46-40(53)28-10-12-30(13-11-28)45-41(54)29(18-19-43)22-36(49)27-8-6-26(7-9-27)21-37(50)35-5-4-20-44-35/h4-17,20,29,44,51-52H,18,21-22H2,1-3H3,(H,45,54)(H,46,53)(H,47,55). The third kappa shape index (κ3) is 9.19. The zero-order valence-electron chi connectivity index (χ0n) is 30.2. The van der Waals surface area contributed by atoms with E-state index in [1.54, 1.807) is 42.6 Å². The number of anilines is 3. The number of hydrogen-bond acceptors (Lipinski definition) is 9. The van der Waals surface area contributed by atoms with Crippen molar-refractivity contribution in [3.8, 4) is 17.6 Å². The first-order valence-corrected chi connectivity index (χ1v) is 17.1. The summed E-state index contributed by atoms with van der Waals surface area (Å²) in [6.07, 6.45) is 1.40. The quantitative estimate of drug-likeness (QED) is 0.0651. The van der Waals surface area contributed by atoms with Crippen molar-refractivity contribution in [2.75, 3.05) is 16.0 Å². The van der Waals surface area contributed by atoms with Gasteiger partial charge >= 0.3 is 0 Å². The number of carbonyl (C=O) groups excluding carboxylic acids is 6. The van der Waals surface area contributed by atoms with Crippen LogP contribution in [0.15, 0.2) is 91.1 Å². The number of rotatable bonds is 14. The van der Waals surface area contributed by atoms with Gasteiger partial charge in [-0.05, 0) is 87.0 Å². The molecule has 0 spiro atoms. The molecule has 1 unspecified atom stereocenters. The van der Waals surface area contributed by atoms with Gasteiger partial charge in [0.15, 0.2) is 17.3 Å². The lowest BCUT2D eigenvalue weighted by molar-refractivity contribution is -0.119. The van der Waals surface area contributed by atoms with E-state index < -0.39 is 23.6 Å². The first-order valence-electron chi connectivity index (χ1n) is 17.1. The number of hydrogen-bond donors (Lipinski definition) is 6. The first-order chi connectivity index (χ1) is 26.3. The summed E-state index contributed by atoms with van der Waals surface area (Å²) in [6.45, 7) is 4.37. The summed E-state index contributed by atoms with van der Waals surface area (Å²) in [6, 6.07) is 23.5. The summed E-state index contributed by atoms with van der Waals surface area (Å²) in [5, 5.41) is 38.5. The smallest absolute Gasteiger partial charge is 0.259 e. The predicted molar refractivity (Wildman–Crippen MR) is 205 cm³/mol. The summed E-state index contributed by atoms with van der Waals surface area (Å²) in [4.78, 5) is 79.2. The number of ketones is 3. The lowest BCUT2D eigenvalue weighted by Gasteiger charge is -2.15. The second kappa shape index (κ2) is 17.0. The summed E-state index contributed by atoms with van der Waals surface area (Å²) < 4.78 is 0. The summed E-state index contributed by atoms with van der Waals surface area (Å²) in [7, 11) is 0. The van der Waals surface area contributed by atoms with Crippen LogP contribution in [0.5, 0.6) is 11.5 Å². The molecule has 3 amide bonds. The number of nitrogens with zero attached hydrogens (tertiary/aromatic N) is 1. The number of amides is 3. The normalized spacial score (nSPS) is 11.2. The molecular weight excluding hydrogens is 702 g/mol. The highest BCUT2D eigenvalue weighted by molar-refractivity contribution is 6.09. The molecule has 13 nitrogen and oxygen atoms in total. The third-order valence-electron chi connectivity index (χ3n) is 9.08. The maximum absolute atomic E-state index is 13.1. The lowest BCUT2D eigenvalue weighted by Crippen LogP contribution is -2.25. The third-order valence-corrected chi connectivity index (χ3v) is 9.08. The van der Waals surface area contributed by atoms with Crippen molar-refractivity contribution >= 4 is 52.1 Å². The fourth-order valence-electron chi connectivity index (χ4n) is 5.77. The zero-order valence-corrected chi connectivity index (χ0v) is 30.2. The number of aromatic hydroxyl groups is 2. The fraction of sp³-hybridized carbons (Fsp3) is 0.167. The largest absolute Gasteiger partial charge is 0.507 e. The monoisotopic (exact) mass is 739 g/mol. The minimum Gasteiger partial charge on any atom is -0.507 e. The Kier molecular flexibility index (Phi) is 12.0. The summed E-state index contributed by atoms with van der Waals surface area (Å²) in [5.74, 6) is -4.11. The van der Waals surface area contributed by atoms with Gasteiger partial charge in [-0.1, -0.05) is 24.3 Å². The topological polar surface area (TPSA) is 219 Å². The number of phenolic OH excluding ortho intramolecular Hbond substituents is 2. The Hall–Kier alpha value is -7.33. The number of nitriles is 1. The van der Waals surface area contributed by atoms with Crippen LogP contribution in [0.1, 0.15) is 88.4 Å². The van der Waals surface area contributed by atoms with E-state index in [4.69, 9.17) is 0 Å². The van der Waals surface area contributed by atoms with E-state index in [1.165, 1.54) is 69.3 Å².